The van der Waals surface area contributed by atoms with Crippen LogP contribution in [0.4, 0.5) is 0 Å². The van der Waals surface area contributed by atoms with E-state index in [2.05, 4.69) is 54.2 Å². The summed E-state index contributed by atoms with van der Waals surface area (Å²) in [4.78, 5) is 0. The van der Waals surface area contributed by atoms with E-state index in [9.17, 15) is 0 Å². The molecular weight excluding hydrogens is 208 g/mol. The Morgan fingerprint density at radius 1 is 0.933 bits per heavy atom. The Labute approximate surface area is 101 Å². The molecule has 1 aliphatic heterocycles. The van der Waals surface area contributed by atoms with E-state index in [1.807, 2.05) is 0 Å². The number of piperidine rings is 1. The van der Waals surface area contributed by atoms with Crippen LogP contribution in [0.3, 0.4) is 0 Å². The SMILES string of the molecule is CC1(C)CC([N+](C)(C)C)CC(C)(C)N1.[Cl-]. The Balaban J connectivity index is 0.00000196. The van der Waals surface area contributed by atoms with E-state index in [-0.39, 0.29) is 23.5 Å². The second-order valence-electron chi connectivity index (χ2n) is 7.07. The normalized spacial score (nSPS) is 25.8. The van der Waals surface area contributed by atoms with Gasteiger partial charge in [0.2, 0.25) is 0 Å². The molecule has 0 atom stereocenters. The predicted octanol–water partition coefficient (Wildman–Crippen LogP) is -0.994. The summed E-state index contributed by atoms with van der Waals surface area (Å²) in [6.45, 7) is 9.26. The van der Waals surface area contributed by atoms with Gasteiger partial charge in [0.1, 0.15) is 0 Å². The number of quaternary nitrogens is 1. The fourth-order valence-electron chi connectivity index (χ4n) is 2.82. The molecule has 1 fully saturated rings. The Bertz CT molecular complexity index is 200. The topological polar surface area (TPSA) is 12.0 Å². The van der Waals surface area contributed by atoms with Crippen molar-refractivity contribution in [1.29, 1.82) is 0 Å². The van der Waals surface area contributed by atoms with Crippen LogP contribution in [-0.2, 0) is 0 Å². The van der Waals surface area contributed by atoms with Gasteiger partial charge in [-0.3, -0.25) is 0 Å². The fraction of sp³-hybridized carbons (Fsp3) is 1.00. The van der Waals surface area contributed by atoms with Gasteiger partial charge in [-0.05, 0) is 27.7 Å². The average Bonchev–Trinajstić information content (AvgIpc) is 1.76. The van der Waals surface area contributed by atoms with Crippen LogP contribution in [0.1, 0.15) is 40.5 Å². The van der Waals surface area contributed by atoms with Crippen molar-refractivity contribution in [2.75, 3.05) is 21.1 Å². The molecule has 0 radical (unpaired) electrons. The monoisotopic (exact) mass is 234 g/mol. The molecule has 0 aromatic carbocycles. The summed E-state index contributed by atoms with van der Waals surface area (Å²) in [5, 5.41) is 3.72. The minimum atomic E-state index is 0. The maximum absolute atomic E-state index is 3.72. The Morgan fingerprint density at radius 3 is 1.53 bits per heavy atom. The first-order valence-corrected chi connectivity index (χ1v) is 5.62. The van der Waals surface area contributed by atoms with Crippen molar-refractivity contribution in [3.8, 4) is 0 Å². The van der Waals surface area contributed by atoms with Crippen molar-refractivity contribution < 1.29 is 16.9 Å². The van der Waals surface area contributed by atoms with Crippen molar-refractivity contribution in [3.63, 3.8) is 0 Å². The lowest BCUT2D eigenvalue weighted by Crippen LogP contribution is -3.00. The summed E-state index contributed by atoms with van der Waals surface area (Å²) < 4.78 is 1.08. The van der Waals surface area contributed by atoms with Crippen molar-refractivity contribution in [2.24, 2.45) is 0 Å². The van der Waals surface area contributed by atoms with Gasteiger partial charge in [-0.2, -0.15) is 0 Å². The van der Waals surface area contributed by atoms with Gasteiger partial charge in [-0.15, -0.1) is 0 Å². The molecule has 0 unspecified atom stereocenters. The van der Waals surface area contributed by atoms with Crippen LogP contribution in [0.5, 0.6) is 0 Å². The smallest absolute Gasteiger partial charge is 0.0919 e. The summed E-state index contributed by atoms with van der Waals surface area (Å²) >= 11 is 0. The zero-order valence-electron chi connectivity index (χ0n) is 11.3. The average molecular weight is 235 g/mol. The van der Waals surface area contributed by atoms with E-state index in [0.29, 0.717) is 0 Å². The molecule has 3 heteroatoms. The lowest BCUT2D eigenvalue weighted by Gasteiger charge is -2.50. The van der Waals surface area contributed by atoms with Gasteiger partial charge in [0, 0.05) is 23.9 Å². The zero-order chi connectivity index (χ0) is 11.2. The molecule has 1 saturated heterocycles. The van der Waals surface area contributed by atoms with Gasteiger partial charge >= 0.3 is 0 Å². The molecule has 1 aliphatic rings. The van der Waals surface area contributed by atoms with Crippen molar-refractivity contribution in [1.82, 2.24) is 5.32 Å². The van der Waals surface area contributed by atoms with Gasteiger partial charge in [0.05, 0.1) is 27.2 Å². The van der Waals surface area contributed by atoms with E-state index in [4.69, 9.17) is 0 Å². The van der Waals surface area contributed by atoms with Crippen LogP contribution in [0.15, 0.2) is 0 Å². The van der Waals surface area contributed by atoms with Gasteiger partial charge in [-0.25, -0.2) is 0 Å². The van der Waals surface area contributed by atoms with E-state index >= 15 is 0 Å². The summed E-state index contributed by atoms with van der Waals surface area (Å²) in [5.41, 5.74) is 0.551. The molecule has 1 heterocycles. The highest BCUT2D eigenvalue weighted by Gasteiger charge is 2.42. The van der Waals surface area contributed by atoms with Crippen LogP contribution < -0.4 is 17.7 Å². The second-order valence-corrected chi connectivity index (χ2v) is 7.07. The Kier molecular flexibility index (Phi) is 4.29. The number of nitrogens with zero attached hydrogens (tertiary/aromatic N) is 1. The molecular formula is C12H27ClN2. The van der Waals surface area contributed by atoms with E-state index in [1.54, 1.807) is 0 Å². The largest absolute Gasteiger partial charge is 1.00 e. The standard InChI is InChI=1S/C12H27N2.ClH/c1-11(2)8-10(14(5,6)7)9-12(3,4)13-11;/h10,13H,8-9H2,1-7H3;1H/q+1;/p-1. The van der Waals surface area contributed by atoms with Crippen LogP contribution in [-0.4, -0.2) is 42.7 Å². The number of hydrogen-bond donors (Lipinski definition) is 1. The molecule has 15 heavy (non-hydrogen) atoms. The Hall–Kier alpha value is 0.210. The molecule has 92 valence electrons. The number of halogens is 1. The third kappa shape index (κ3) is 4.29. The molecule has 0 aromatic heterocycles. The maximum atomic E-state index is 3.72. The highest BCUT2D eigenvalue weighted by molar-refractivity contribution is 4.97. The molecule has 0 aliphatic carbocycles. The predicted molar refractivity (Wildman–Crippen MR) is 62.3 cm³/mol. The van der Waals surface area contributed by atoms with Gasteiger partial charge in [0.15, 0.2) is 0 Å². The van der Waals surface area contributed by atoms with E-state index in [0.717, 1.165) is 10.5 Å². The minimum absolute atomic E-state index is 0. The number of hydrogen-bond acceptors (Lipinski definition) is 1. The first-order valence-electron chi connectivity index (χ1n) is 5.62. The highest BCUT2D eigenvalue weighted by Crippen LogP contribution is 2.32. The summed E-state index contributed by atoms with van der Waals surface area (Å²) in [6, 6.07) is 0.765. The molecule has 1 N–H and O–H groups in total. The first-order chi connectivity index (χ1) is 6.02. The lowest BCUT2D eigenvalue weighted by atomic mass is 9.78. The molecule has 2 nitrogen and oxygen atoms in total. The van der Waals surface area contributed by atoms with E-state index in [1.165, 1.54) is 12.8 Å². The lowest BCUT2D eigenvalue weighted by molar-refractivity contribution is -0.898. The van der Waals surface area contributed by atoms with Gasteiger partial charge in [-0.1, -0.05) is 0 Å². The molecule has 0 bridgehead atoms. The van der Waals surface area contributed by atoms with E-state index < -0.39 is 0 Å². The van der Waals surface area contributed by atoms with Gasteiger partial charge < -0.3 is 22.2 Å². The first kappa shape index (κ1) is 15.2. The van der Waals surface area contributed by atoms with Crippen molar-refractivity contribution in [2.45, 2.75) is 57.7 Å². The zero-order valence-corrected chi connectivity index (χ0v) is 12.1. The molecule has 0 amide bonds. The van der Waals surface area contributed by atoms with Crippen LogP contribution >= 0.6 is 0 Å². The summed E-state index contributed by atoms with van der Waals surface area (Å²) in [5.74, 6) is 0. The molecule has 0 spiro atoms. The number of nitrogens with one attached hydrogen (secondary N) is 1. The van der Waals surface area contributed by atoms with Gasteiger partial charge in [0.25, 0.3) is 0 Å². The van der Waals surface area contributed by atoms with Crippen LogP contribution in [0.2, 0.25) is 0 Å². The summed E-state index contributed by atoms with van der Waals surface area (Å²) in [7, 11) is 6.92. The third-order valence-corrected chi connectivity index (χ3v) is 3.26. The summed E-state index contributed by atoms with van der Waals surface area (Å²) in [6.07, 6.45) is 2.53. The van der Waals surface area contributed by atoms with Crippen LogP contribution in [0.25, 0.3) is 0 Å². The van der Waals surface area contributed by atoms with Crippen molar-refractivity contribution >= 4 is 0 Å². The molecule has 0 aromatic rings. The minimum Gasteiger partial charge on any atom is -1.00 e. The molecule has 0 saturated carbocycles. The molecule has 1 rings (SSSR count). The quantitative estimate of drug-likeness (QED) is 0.575. The maximum Gasteiger partial charge on any atom is 0.0919 e. The Morgan fingerprint density at radius 2 is 1.27 bits per heavy atom. The van der Waals surface area contributed by atoms with Crippen molar-refractivity contribution in [3.05, 3.63) is 0 Å². The van der Waals surface area contributed by atoms with Crippen LogP contribution in [0, 0.1) is 0 Å². The number of rotatable bonds is 1. The fourth-order valence-corrected chi connectivity index (χ4v) is 2.82. The third-order valence-electron chi connectivity index (χ3n) is 3.26. The second kappa shape index (κ2) is 4.23. The highest BCUT2D eigenvalue weighted by atomic mass is 35.5.